The van der Waals surface area contributed by atoms with Crippen molar-refractivity contribution in [1.29, 1.82) is 0 Å². The number of hydrogen-bond donors (Lipinski definition) is 2. The highest BCUT2D eigenvalue weighted by Gasteiger charge is 2.10. The first kappa shape index (κ1) is 16.4. The van der Waals surface area contributed by atoms with Crippen LogP contribution >= 0.6 is 0 Å². The van der Waals surface area contributed by atoms with Crippen LogP contribution in [0.1, 0.15) is 5.56 Å². The molecule has 1 heterocycles. The van der Waals surface area contributed by atoms with Crippen LogP contribution in [0.15, 0.2) is 48.5 Å². The van der Waals surface area contributed by atoms with Gasteiger partial charge in [-0.15, -0.1) is 0 Å². The van der Waals surface area contributed by atoms with Gasteiger partial charge in [-0.05, 0) is 35.9 Å². The van der Waals surface area contributed by atoms with E-state index in [2.05, 4.69) is 15.5 Å². The Morgan fingerprint density at radius 3 is 2.46 bits per heavy atom. The van der Waals surface area contributed by atoms with Crippen molar-refractivity contribution in [3.63, 3.8) is 0 Å². The summed E-state index contributed by atoms with van der Waals surface area (Å²) in [4.78, 5) is 14.3. The molecule has 2 aromatic carbocycles. The fraction of sp³-hybridized carbons (Fsp3) is 0.278. The van der Waals surface area contributed by atoms with Gasteiger partial charge in [0, 0.05) is 31.0 Å². The van der Waals surface area contributed by atoms with E-state index in [0.717, 1.165) is 32.8 Å². The van der Waals surface area contributed by atoms with E-state index in [9.17, 15) is 9.18 Å². The molecule has 0 bridgehead atoms. The first-order valence-corrected chi connectivity index (χ1v) is 7.92. The van der Waals surface area contributed by atoms with Gasteiger partial charge in [0.25, 0.3) is 0 Å². The number of carbonyl (C=O) groups is 1. The molecule has 1 saturated heterocycles. The van der Waals surface area contributed by atoms with Crippen LogP contribution in [-0.4, -0.2) is 37.2 Å². The zero-order valence-electron chi connectivity index (χ0n) is 13.3. The van der Waals surface area contributed by atoms with Crippen LogP contribution in [0.5, 0.6) is 0 Å². The highest BCUT2D eigenvalue weighted by atomic mass is 19.1. The van der Waals surface area contributed by atoms with Gasteiger partial charge in [-0.2, -0.15) is 0 Å². The summed E-state index contributed by atoms with van der Waals surface area (Å²) in [6.45, 7) is 4.31. The van der Waals surface area contributed by atoms with Crippen molar-refractivity contribution < 1.29 is 13.9 Å². The average molecular weight is 329 g/mol. The maximum absolute atomic E-state index is 13.1. The van der Waals surface area contributed by atoms with Gasteiger partial charge in [-0.25, -0.2) is 9.18 Å². The Morgan fingerprint density at radius 1 is 1.04 bits per heavy atom. The molecule has 0 aromatic heterocycles. The first-order chi connectivity index (χ1) is 11.7. The van der Waals surface area contributed by atoms with Crippen LogP contribution in [0.2, 0.25) is 0 Å². The SMILES string of the molecule is O=C(Nc1ccc(CN2CCOCC2)cc1)Nc1cccc(F)c1. The van der Waals surface area contributed by atoms with E-state index in [1.165, 1.54) is 17.7 Å². The molecule has 3 rings (SSSR count). The molecule has 24 heavy (non-hydrogen) atoms. The molecule has 2 N–H and O–H groups in total. The predicted octanol–water partition coefficient (Wildman–Crippen LogP) is 3.30. The summed E-state index contributed by atoms with van der Waals surface area (Å²) in [6.07, 6.45) is 0. The normalized spacial score (nSPS) is 15.0. The van der Waals surface area contributed by atoms with E-state index < -0.39 is 6.03 Å². The smallest absolute Gasteiger partial charge is 0.323 e. The Morgan fingerprint density at radius 2 is 1.75 bits per heavy atom. The number of hydrogen-bond acceptors (Lipinski definition) is 3. The second-order valence-corrected chi connectivity index (χ2v) is 5.67. The molecular formula is C18H20FN3O2. The standard InChI is InChI=1S/C18H20FN3O2/c19-15-2-1-3-17(12-15)21-18(23)20-16-6-4-14(5-7-16)13-22-8-10-24-11-9-22/h1-7,12H,8-11,13H2,(H2,20,21,23). The third-order valence-corrected chi connectivity index (χ3v) is 3.80. The summed E-state index contributed by atoms with van der Waals surface area (Å²) >= 11 is 0. The fourth-order valence-electron chi connectivity index (χ4n) is 2.57. The topological polar surface area (TPSA) is 53.6 Å². The lowest BCUT2D eigenvalue weighted by Gasteiger charge is -2.26. The second-order valence-electron chi connectivity index (χ2n) is 5.67. The van der Waals surface area contributed by atoms with E-state index in [4.69, 9.17) is 4.74 Å². The maximum Gasteiger partial charge on any atom is 0.323 e. The fourth-order valence-corrected chi connectivity index (χ4v) is 2.57. The molecule has 5 nitrogen and oxygen atoms in total. The number of nitrogens with zero attached hydrogens (tertiary/aromatic N) is 1. The number of morpholine rings is 1. The monoisotopic (exact) mass is 329 g/mol. The number of halogens is 1. The number of nitrogens with one attached hydrogen (secondary N) is 2. The molecule has 1 aliphatic heterocycles. The van der Waals surface area contributed by atoms with Gasteiger partial charge in [-0.1, -0.05) is 18.2 Å². The van der Waals surface area contributed by atoms with Crippen molar-refractivity contribution in [1.82, 2.24) is 4.90 Å². The largest absolute Gasteiger partial charge is 0.379 e. The summed E-state index contributed by atoms with van der Waals surface area (Å²) in [6, 6.07) is 13.1. The molecule has 6 heteroatoms. The molecule has 0 atom stereocenters. The van der Waals surface area contributed by atoms with E-state index in [0.29, 0.717) is 11.4 Å². The molecule has 1 aliphatic rings. The first-order valence-electron chi connectivity index (χ1n) is 7.92. The number of carbonyl (C=O) groups excluding carboxylic acids is 1. The number of benzene rings is 2. The zero-order chi connectivity index (χ0) is 16.8. The van der Waals surface area contributed by atoms with Gasteiger partial charge in [0.2, 0.25) is 0 Å². The second kappa shape index (κ2) is 7.90. The molecule has 0 saturated carbocycles. The van der Waals surface area contributed by atoms with E-state index in [1.54, 1.807) is 12.1 Å². The van der Waals surface area contributed by atoms with Crippen LogP contribution in [0.25, 0.3) is 0 Å². The molecule has 2 amide bonds. The summed E-state index contributed by atoms with van der Waals surface area (Å²) in [5, 5.41) is 5.33. The van der Waals surface area contributed by atoms with E-state index >= 15 is 0 Å². The van der Waals surface area contributed by atoms with E-state index in [-0.39, 0.29) is 5.82 Å². The number of anilines is 2. The minimum absolute atomic E-state index is 0.389. The quantitative estimate of drug-likeness (QED) is 0.905. The summed E-state index contributed by atoms with van der Waals surface area (Å²) < 4.78 is 18.4. The molecule has 0 unspecified atom stereocenters. The van der Waals surface area contributed by atoms with Crippen LogP contribution in [0.4, 0.5) is 20.6 Å². The summed E-state index contributed by atoms with van der Waals surface area (Å²) in [5.41, 5.74) is 2.29. The Hall–Kier alpha value is -2.44. The van der Waals surface area contributed by atoms with Gasteiger partial charge in [0.05, 0.1) is 13.2 Å². The van der Waals surface area contributed by atoms with Gasteiger partial charge >= 0.3 is 6.03 Å². The lowest BCUT2D eigenvalue weighted by Crippen LogP contribution is -2.35. The highest BCUT2D eigenvalue weighted by molar-refractivity contribution is 5.99. The van der Waals surface area contributed by atoms with Crippen molar-refractivity contribution in [3.05, 3.63) is 59.9 Å². The Balaban J connectivity index is 1.52. The Labute approximate surface area is 140 Å². The number of rotatable bonds is 4. The van der Waals surface area contributed by atoms with Crippen molar-refractivity contribution in [2.75, 3.05) is 36.9 Å². The lowest BCUT2D eigenvalue weighted by atomic mass is 10.2. The van der Waals surface area contributed by atoms with Gasteiger partial charge in [0.15, 0.2) is 0 Å². The highest BCUT2D eigenvalue weighted by Crippen LogP contribution is 2.14. The summed E-state index contributed by atoms with van der Waals surface area (Å²) in [7, 11) is 0. The third kappa shape index (κ3) is 4.78. The van der Waals surface area contributed by atoms with Crippen molar-refractivity contribution >= 4 is 17.4 Å². The molecule has 126 valence electrons. The van der Waals surface area contributed by atoms with Crippen LogP contribution in [0, 0.1) is 5.82 Å². The van der Waals surface area contributed by atoms with Crippen molar-refractivity contribution in [2.24, 2.45) is 0 Å². The van der Waals surface area contributed by atoms with Crippen LogP contribution in [0.3, 0.4) is 0 Å². The summed E-state index contributed by atoms with van der Waals surface area (Å²) in [5.74, 6) is -0.389. The van der Waals surface area contributed by atoms with Crippen molar-refractivity contribution in [3.8, 4) is 0 Å². The Kier molecular flexibility index (Phi) is 5.40. The molecule has 2 aromatic rings. The van der Waals surface area contributed by atoms with Crippen LogP contribution < -0.4 is 10.6 Å². The zero-order valence-corrected chi connectivity index (χ0v) is 13.3. The third-order valence-electron chi connectivity index (χ3n) is 3.80. The number of ether oxygens (including phenoxy) is 1. The van der Waals surface area contributed by atoms with Gasteiger partial charge < -0.3 is 15.4 Å². The molecule has 1 fully saturated rings. The molecule has 0 radical (unpaired) electrons. The predicted molar refractivity (Wildman–Crippen MR) is 91.6 cm³/mol. The minimum Gasteiger partial charge on any atom is -0.379 e. The van der Waals surface area contributed by atoms with Crippen molar-refractivity contribution in [2.45, 2.75) is 6.54 Å². The van der Waals surface area contributed by atoms with Crippen LogP contribution in [-0.2, 0) is 11.3 Å². The minimum atomic E-state index is -0.401. The number of amides is 2. The molecular weight excluding hydrogens is 309 g/mol. The number of urea groups is 1. The van der Waals surface area contributed by atoms with Gasteiger partial charge in [-0.3, -0.25) is 4.90 Å². The maximum atomic E-state index is 13.1. The lowest BCUT2D eigenvalue weighted by molar-refractivity contribution is 0.0342. The van der Waals surface area contributed by atoms with Gasteiger partial charge in [0.1, 0.15) is 5.82 Å². The Bertz CT molecular complexity index is 685. The molecule has 0 aliphatic carbocycles. The average Bonchev–Trinajstić information content (AvgIpc) is 2.57. The van der Waals surface area contributed by atoms with E-state index in [1.807, 2.05) is 24.3 Å². The molecule has 0 spiro atoms.